The SMILES string of the molecule is NCCNc1nc2c(o1)CCC2. The summed E-state index contributed by atoms with van der Waals surface area (Å²) in [4.78, 5) is 4.29. The van der Waals surface area contributed by atoms with E-state index in [0.717, 1.165) is 30.8 Å². The Balaban J connectivity index is 2.05. The van der Waals surface area contributed by atoms with Crippen LogP contribution in [0.4, 0.5) is 6.01 Å². The highest BCUT2D eigenvalue weighted by Crippen LogP contribution is 2.24. The van der Waals surface area contributed by atoms with Gasteiger partial charge in [-0.25, -0.2) is 0 Å². The van der Waals surface area contributed by atoms with Gasteiger partial charge in [-0.2, -0.15) is 4.98 Å². The zero-order valence-corrected chi connectivity index (χ0v) is 6.97. The van der Waals surface area contributed by atoms with E-state index in [-0.39, 0.29) is 0 Å². The number of hydrogen-bond acceptors (Lipinski definition) is 4. The molecule has 0 fully saturated rings. The Morgan fingerprint density at radius 2 is 2.42 bits per heavy atom. The van der Waals surface area contributed by atoms with E-state index >= 15 is 0 Å². The molecular weight excluding hydrogens is 154 g/mol. The van der Waals surface area contributed by atoms with E-state index in [1.165, 1.54) is 6.42 Å². The lowest BCUT2D eigenvalue weighted by Gasteiger charge is -1.96. The number of rotatable bonds is 3. The first kappa shape index (κ1) is 7.61. The van der Waals surface area contributed by atoms with E-state index in [9.17, 15) is 0 Å². The molecule has 1 aliphatic carbocycles. The maximum Gasteiger partial charge on any atom is 0.295 e. The standard InChI is InChI=1S/C8H13N3O/c9-4-5-10-8-11-6-2-1-3-7(6)12-8/h1-5,9H2,(H,10,11). The quantitative estimate of drug-likeness (QED) is 0.689. The molecule has 66 valence electrons. The molecule has 0 amide bonds. The zero-order chi connectivity index (χ0) is 8.39. The second kappa shape index (κ2) is 3.15. The van der Waals surface area contributed by atoms with Crippen LogP contribution in [0.1, 0.15) is 17.9 Å². The van der Waals surface area contributed by atoms with Crippen LogP contribution in [0.15, 0.2) is 4.42 Å². The molecule has 0 saturated heterocycles. The van der Waals surface area contributed by atoms with Gasteiger partial charge in [-0.15, -0.1) is 0 Å². The van der Waals surface area contributed by atoms with E-state index in [2.05, 4.69) is 10.3 Å². The van der Waals surface area contributed by atoms with Gasteiger partial charge in [0.2, 0.25) is 0 Å². The summed E-state index contributed by atoms with van der Waals surface area (Å²) in [5.41, 5.74) is 6.46. The monoisotopic (exact) mass is 167 g/mol. The van der Waals surface area contributed by atoms with Crippen molar-refractivity contribution in [2.24, 2.45) is 5.73 Å². The Morgan fingerprint density at radius 3 is 3.17 bits per heavy atom. The van der Waals surface area contributed by atoms with Crippen molar-refractivity contribution >= 4 is 6.01 Å². The van der Waals surface area contributed by atoms with Gasteiger partial charge in [0.1, 0.15) is 5.76 Å². The summed E-state index contributed by atoms with van der Waals surface area (Å²) in [5.74, 6) is 1.05. The number of hydrogen-bond donors (Lipinski definition) is 2. The lowest BCUT2D eigenvalue weighted by molar-refractivity contribution is 0.521. The number of nitrogens with two attached hydrogens (primary N) is 1. The van der Waals surface area contributed by atoms with Crippen LogP contribution >= 0.6 is 0 Å². The van der Waals surface area contributed by atoms with Crippen LogP contribution in [0.3, 0.4) is 0 Å². The number of aryl methyl sites for hydroxylation is 2. The van der Waals surface area contributed by atoms with E-state index in [1.807, 2.05) is 0 Å². The molecule has 1 aliphatic rings. The third-order valence-electron chi connectivity index (χ3n) is 2.02. The van der Waals surface area contributed by atoms with E-state index in [0.29, 0.717) is 12.6 Å². The summed E-state index contributed by atoms with van der Waals surface area (Å²) >= 11 is 0. The first-order valence-corrected chi connectivity index (χ1v) is 4.32. The van der Waals surface area contributed by atoms with Gasteiger partial charge in [-0.3, -0.25) is 0 Å². The minimum atomic E-state index is 0.604. The Hall–Kier alpha value is -1.03. The fourth-order valence-corrected chi connectivity index (χ4v) is 1.45. The summed E-state index contributed by atoms with van der Waals surface area (Å²) in [5, 5.41) is 3.02. The molecule has 0 saturated carbocycles. The number of fused-ring (bicyclic) bond motifs is 1. The highest BCUT2D eigenvalue weighted by atomic mass is 16.4. The van der Waals surface area contributed by atoms with Crippen LogP contribution in [0, 0.1) is 0 Å². The minimum Gasteiger partial charge on any atom is -0.428 e. The highest BCUT2D eigenvalue weighted by Gasteiger charge is 2.17. The van der Waals surface area contributed by atoms with Crippen LogP contribution in [0.2, 0.25) is 0 Å². The van der Waals surface area contributed by atoms with Gasteiger partial charge in [0.25, 0.3) is 6.01 Å². The van der Waals surface area contributed by atoms with Gasteiger partial charge in [-0.05, 0) is 12.8 Å². The average Bonchev–Trinajstić information content (AvgIpc) is 2.58. The maximum absolute atomic E-state index is 5.45. The average molecular weight is 167 g/mol. The molecule has 0 bridgehead atoms. The molecule has 4 nitrogen and oxygen atoms in total. The molecule has 0 radical (unpaired) electrons. The smallest absolute Gasteiger partial charge is 0.295 e. The van der Waals surface area contributed by atoms with Crippen molar-refractivity contribution in [3.05, 3.63) is 11.5 Å². The molecule has 12 heavy (non-hydrogen) atoms. The summed E-state index contributed by atoms with van der Waals surface area (Å²) in [7, 11) is 0. The summed E-state index contributed by atoms with van der Waals surface area (Å²) in [6.45, 7) is 1.33. The van der Waals surface area contributed by atoms with Crippen LogP contribution in [-0.2, 0) is 12.8 Å². The third kappa shape index (κ3) is 1.30. The van der Waals surface area contributed by atoms with Crippen molar-refractivity contribution in [2.45, 2.75) is 19.3 Å². The van der Waals surface area contributed by atoms with Crippen molar-refractivity contribution < 1.29 is 4.42 Å². The van der Waals surface area contributed by atoms with Crippen molar-refractivity contribution in [1.29, 1.82) is 0 Å². The summed E-state index contributed by atoms with van der Waals surface area (Å²) in [6, 6.07) is 0.630. The highest BCUT2D eigenvalue weighted by molar-refractivity contribution is 5.27. The van der Waals surface area contributed by atoms with Crippen LogP contribution in [0.5, 0.6) is 0 Å². The first-order valence-electron chi connectivity index (χ1n) is 4.32. The topological polar surface area (TPSA) is 64.1 Å². The molecular formula is C8H13N3O. The van der Waals surface area contributed by atoms with Crippen LogP contribution in [-0.4, -0.2) is 18.1 Å². The number of aromatic nitrogens is 1. The van der Waals surface area contributed by atoms with E-state index in [4.69, 9.17) is 10.2 Å². The minimum absolute atomic E-state index is 0.604. The second-order valence-corrected chi connectivity index (χ2v) is 2.96. The first-order chi connectivity index (χ1) is 5.90. The van der Waals surface area contributed by atoms with Crippen molar-refractivity contribution in [3.63, 3.8) is 0 Å². The van der Waals surface area contributed by atoms with Crippen molar-refractivity contribution in [3.8, 4) is 0 Å². The largest absolute Gasteiger partial charge is 0.428 e. The second-order valence-electron chi connectivity index (χ2n) is 2.96. The van der Waals surface area contributed by atoms with Crippen molar-refractivity contribution in [1.82, 2.24) is 4.98 Å². The zero-order valence-electron chi connectivity index (χ0n) is 6.97. The lowest BCUT2D eigenvalue weighted by Crippen LogP contribution is -2.13. The molecule has 2 rings (SSSR count). The number of anilines is 1. The predicted molar refractivity (Wildman–Crippen MR) is 46.1 cm³/mol. The van der Waals surface area contributed by atoms with E-state index in [1.54, 1.807) is 0 Å². The predicted octanol–water partition coefficient (Wildman–Crippen LogP) is 0.534. The molecule has 1 aromatic heterocycles. The molecule has 0 aromatic carbocycles. The Kier molecular flexibility index (Phi) is 1.99. The molecule has 0 aliphatic heterocycles. The van der Waals surface area contributed by atoms with Gasteiger partial charge in [0, 0.05) is 19.5 Å². The summed E-state index contributed by atoms with van der Waals surface area (Å²) < 4.78 is 5.45. The molecule has 3 N–H and O–H groups in total. The van der Waals surface area contributed by atoms with Crippen molar-refractivity contribution in [2.75, 3.05) is 18.4 Å². The molecule has 0 atom stereocenters. The molecule has 0 unspecified atom stereocenters. The van der Waals surface area contributed by atoms with Crippen LogP contribution < -0.4 is 11.1 Å². The van der Waals surface area contributed by atoms with Gasteiger partial charge in [0.15, 0.2) is 0 Å². The Labute approximate surface area is 71.2 Å². The fourth-order valence-electron chi connectivity index (χ4n) is 1.45. The van der Waals surface area contributed by atoms with Gasteiger partial charge < -0.3 is 15.5 Å². The fraction of sp³-hybridized carbons (Fsp3) is 0.625. The number of nitrogens with one attached hydrogen (secondary N) is 1. The van der Waals surface area contributed by atoms with Gasteiger partial charge in [0.05, 0.1) is 5.69 Å². The normalized spacial score (nSPS) is 14.8. The molecule has 4 heteroatoms. The maximum atomic E-state index is 5.45. The van der Waals surface area contributed by atoms with Gasteiger partial charge >= 0.3 is 0 Å². The lowest BCUT2D eigenvalue weighted by atomic mass is 10.4. The summed E-state index contributed by atoms with van der Waals surface area (Å²) in [6.07, 6.45) is 3.27. The number of nitrogens with zero attached hydrogens (tertiary/aromatic N) is 1. The Bertz CT molecular complexity index is 248. The third-order valence-corrected chi connectivity index (χ3v) is 2.02. The Morgan fingerprint density at radius 1 is 1.50 bits per heavy atom. The van der Waals surface area contributed by atoms with Crippen LogP contribution in [0.25, 0.3) is 0 Å². The van der Waals surface area contributed by atoms with E-state index < -0.39 is 0 Å². The molecule has 0 spiro atoms. The van der Waals surface area contributed by atoms with Gasteiger partial charge in [-0.1, -0.05) is 0 Å². The molecule has 1 aromatic rings. The number of oxazole rings is 1. The molecule has 1 heterocycles.